The van der Waals surface area contributed by atoms with Gasteiger partial charge in [-0.15, -0.1) is 0 Å². The number of ether oxygens (including phenoxy) is 2. The number of sulfonamides is 1. The minimum absolute atomic E-state index is 0.153. The van der Waals surface area contributed by atoms with Crippen LogP contribution < -0.4 is 14.8 Å². The van der Waals surface area contributed by atoms with Gasteiger partial charge in [0.1, 0.15) is 11.5 Å². The van der Waals surface area contributed by atoms with Crippen molar-refractivity contribution in [1.29, 1.82) is 0 Å². The van der Waals surface area contributed by atoms with Gasteiger partial charge in [0.05, 0.1) is 18.0 Å². The summed E-state index contributed by atoms with van der Waals surface area (Å²) >= 11 is 0. The quantitative estimate of drug-likeness (QED) is 0.672. The van der Waals surface area contributed by atoms with E-state index in [4.69, 9.17) is 9.47 Å². The van der Waals surface area contributed by atoms with Crippen molar-refractivity contribution in [3.8, 4) is 11.5 Å². The van der Waals surface area contributed by atoms with E-state index in [0.717, 1.165) is 30.6 Å². The number of carbonyl (C=O) groups excluding carboxylic acids is 1. The molecule has 1 unspecified atom stereocenters. The molecular weight excluding hydrogens is 416 g/mol. The number of rotatable bonds is 8. The molecule has 1 aliphatic rings. The normalized spacial score (nSPS) is 15.8. The number of carbonyl (C=O) groups is 1. The van der Waals surface area contributed by atoms with Gasteiger partial charge in [-0.25, -0.2) is 8.42 Å². The summed E-state index contributed by atoms with van der Waals surface area (Å²) in [6.45, 7) is 4.64. The Morgan fingerprint density at radius 1 is 1.10 bits per heavy atom. The number of piperidine rings is 1. The molecule has 7 nitrogen and oxygen atoms in total. The van der Waals surface area contributed by atoms with Crippen LogP contribution in [0.5, 0.6) is 11.5 Å². The average molecular weight is 447 g/mol. The molecule has 2 aromatic rings. The van der Waals surface area contributed by atoms with E-state index in [1.165, 1.54) is 0 Å². The zero-order valence-electron chi connectivity index (χ0n) is 18.3. The number of methoxy groups -OCH3 is 1. The predicted molar refractivity (Wildman–Crippen MR) is 119 cm³/mol. The molecule has 0 saturated carbocycles. The largest absolute Gasteiger partial charge is 0.497 e. The maximum absolute atomic E-state index is 12.8. The lowest BCUT2D eigenvalue weighted by Crippen LogP contribution is -2.35. The van der Waals surface area contributed by atoms with Crippen LogP contribution in [-0.4, -0.2) is 45.4 Å². The number of aryl methyl sites for hydroxylation is 1. The fourth-order valence-electron chi connectivity index (χ4n) is 3.60. The number of nitrogens with one attached hydrogen (secondary N) is 1. The topological polar surface area (TPSA) is 84.9 Å². The van der Waals surface area contributed by atoms with Gasteiger partial charge in [-0.05, 0) is 68.1 Å². The Balaban J connectivity index is 1.58. The van der Waals surface area contributed by atoms with Crippen LogP contribution in [0.25, 0.3) is 0 Å². The predicted octanol–water partition coefficient (Wildman–Crippen LogP) is 3.43. The van der Waals surface area contributed by atoms with Crippen molar-refractivity contribution < 1.29 is 22.7 Å². The average Bonchev–Trinajstić information content (AvgIpc) is 2.78. The molecule has 31 heavy (non-hydrogen) atoms. The molecular formula is C23H30N2O5S. The fourth-order valence-corrected chi connectivity index (χ4v) is 5.20. The summed E-state index contributed by atoms with van der Waals surface area (Å²) in [6, 6.07) is 12.1. The molecule has 3 rings (SSSR count). The minimum Gasteiger partial charge on any atom is -0.497 e. The molecule has 1 fully saturated rings. The van der Waals surface area contributed by atoms with Crippen LogP contribution in [0, 0.1) is 6.92 Å². The van der Waals surface area contributed by atoms with E-state index in [1.807, 2.05) is 31.2 Å². The zero-order chi connectivity index (χ0) is 22.4. The molecule has 1 aliphatic heterocycles. The second-order valence-electron chi connectivity index (χ2n) is 7.74. The highest BCUT2D eigenvalue weighted by molar-refractivity contribution is 7.89. The Morgan fingerprint density at radius 2 is 1.77 bits per heavy atom. The first-order valence-corrected chi connectivity index (χ1v) is 11.9. The molecule has 1 amide bonds. The number of hydrogen-bond acceptors (Lipinski definition) is 5. The molecule has 1 heterocycles. The summed E-state index contributed by atoms with van der Waals surface area (Å²) < 4.78 is 38.0. The number of benzene rings is 2. The summed E-state index contributed by atoms with van der Waals surface area (Å²) in [5, 5.41) is 2.89. The molecule has 0 spiro atoms. The van der Waals surface area contributed by atoms with Gasteiger partial charge in [-0.3, -0.25) is 4.79 Å². The van der Waals surface area contributed by atoms with E-state index in [-0.39, 0.29) is 23.5 Å². The molecule has 1 saturated heterocycles. The molecule has 0 bridgehead atoms. The Morgan fingerprint density at radius 3 is 2.39 bits per heavy atom. The van der Waals surface area contributed by atoms with Crippen LogP contribution in [0.15, 0.2) is 47.4 Å². The van der Waals surface area contributed by atoms with Crippen molar-refractivity contribution >= 4 is 15.9 Å². The van der Waals surface area contributed by atoms with Crippen molar-refractivity contribution in [3.63, 3.8) is 0 Å². The summed E-state index contributed by atoms with van der Waals surface area (Å²) in [5.41, 5.74) is 1.63. The summed E-state index contributed by atoms with van der Waals surface area (Å²) in [6.07, 6.45) is 2.85. The first-order valence-electron chi connectivity index (χ1n) is 10.5. The van der Waals surface area contributed by atoms with Crippen molar-refractivity contribution in [2.45, 2.75) is 44.0 Å². The van der Waals surface area contributed by atoms with Gasteiger partial charge in [0.2, 0.25) is 10.0 Å². The van der Waals surface area contributed by atoms with Gasteiger partial charge in [-0.2, -0.15) is 4.31 Å². The standard InChI is InChI=1S/C23H30N2O5S/c1-17-15-21(31(27,28)25-13-5-4-6-14-25)11-12-22(17)30-16-23(26)24-18(2)19-7-9-20(29-3)10-8-19/h7-12,15,18H,4-6,13-14,16H2,1-3H3,(H,24,26). The Labute approximate surface area is 184 Å². The van der Waals surface area contributed by atoms with Crippen LogP contribution in [-0.2, 0) is 14.8 Å². The zero-order valence-corrected chi connectivity index (χ0v) is 19.1. The van der Waals surface area contributed by atoms with Gasteiger partial charge < -0.3 is 14.8 Å². The number of nitrogens with zero attached hydrogens (tertiary/aromatic N) is 1. The molecule has 1 atom stereocenters. The Kier molecular flexibility index (Phi) is 7.56. The van der Waals surface area contributed by atoms with E-state index >= 15 is 0 Å². The summed E-state index contributed by atoms with van der Waals surface area (Å²) in [5.74, 6) is 0.990. The van der Waals surface area contributed by atoms with Gasteiger partial charge in [0.15, 0.2) is 6.61 Å². The summed E-state index contributed by atoms with van der Waals surface area (Å²) in [4.78, 5) is 12.6. The van der Waals surface area contributed by atoms with Crippen molar-refractivity contribution in [1.82, 2.24) is 9.62 Å². The maximum atomic E-state index is 12.8. The SMILES string of the molecule is COc1ccc(C(C)NC(=O)COc2ccc(S(=O)(=O)N3CCCCC3)cc2C)cc1. The molecule has 0 aliphatic carbocycles. The highest BCUT2D eigenvalue weighted by Crippen LogP contribution is 2.26. The van der Waals surface area contributed by atoms with Crippen molar-refractivity contribution in [3.05, 3.63) is 53.6 Å². The lowest BCUT2D eigenvalue weighted by atomic mass is 10.1. The van der Waals surface area contributed by atoms with Gasteiger partial charge in [0, 0.05) is 13.1 Å². The first-order chi connectivity index (χ1) is 14.8. The van der Waals surface area contributed by atoms with Crippen molar-refractivity contribution in [2.24, 2.45) is 0 Å². The number of hydrogen-bond donors (Lipinski definition) is 1. The smallest absolute Gasteiger partial charge is 0.258 e. The third-order valence-corrected chi connectivity index (χ3v) is 7.35. The van der Waals surface area contributed by atoms with Crippen LogP contribution in [0.1, 0.15) is 43.4 Å². The molecule has 1 N–H and O–H groups in total. The van der Waals surface area contributed by atoms with E-state index < -0.39 is 10.0 Å². The first kappa shape index (κ1) is 23.1. The van der Waals surface area contributed by atoms with Crippen LogP contribution in [0.4, 0.5) is 0 Å². The van der Waals surface area contributed by atoms with E-state index in [1.54, 1.807) is 36.5 Å². The van der Waals surface area contributed by atoms with Crippen LogP contribution >= 0.6 is 0 Å². The molecule has 2 aromatic carbocycles. The number of amides is 1. The van der Waals surface area contributed by atoms with Crippen molar-refractivity contribution in [2.75, 3.05) is 26.8 Å². The van der Waals surface area contributed by atoms with Crippen LogP contribution in [0.3, 0.4) is 0 Å². The molecule has 168 valence electrons. The third kappa shape index (κ3) is 5.77. The highest BCUT2D eigenvalue weighted by Gasteiger charge is 2.26. The van der Waals surface area contributed by atoms with E-state index in [0.29, 0.717) is 24.4 Å². The molecule has 8 heteroatoms. The Hall–Kier alpha value is -2.58. The summed E-state index contributed by atoms with van der Waals surface area (Å²) in [7, 11) is -1.89. The monoisotopic (exact) mass is 446 g/mol. The lowest BCUT2D eigenvalue weighted by Gasteiger charge is -2.26. The second-order valence-corrected chi connectivity index (χ2v) is 9.68. The van der Waals surface area contributed by atoms with Crippen LogP contribution in [0.2, 0.25) is 0 Å². The van der Waals surface area contributed by atoms with Gasteiger partial charge in [0.25, 0.3) is 5.91 Å². The van der Waals surface area contributed by atoms with E-state index in [9.17, 15) is 13.2 Å². The minimum atomic E-state index is -3.49. The maximum Gasteiger partial charge on any atom is 0.258 e. The lowest BCUT2D eigenvalue weighted by molar-refractivity contribution is -0.123. The fraction of sp³-hybridized carbons (Fsp3) is 0.435. The highest BCUT2D eigenvalue weighted by atomic mass is 32.2. The van der Waals surface area contributed by atoms with Gasteiger partial charge >= 0.3 is 0 Å². The molecule has 0 aromatic heterocycles. The third-order valence-electron chi connectivity index (χ3n) is 5.45. The van der Waals surface area contributed by atoms with Gasteiger partial charge in [-0.1, -0.05) is 18.6 Å². The van der Waals surface area contributed by atoms with E-state index in [2.05, 4.69) is 5.32 Å². The second kappa shape index (κ2) is 10.2. The Bertz CT molecular complexity index is 999. The molecule has 0 radical (unpaired) electrons.